The summed E-state index contributed by atoms with van der Waals surface area (Å²) in [6.45, 7) is 1.94. The molecule has 3 heterocycles. The molecule has 5 aliphatic rings. The number of nitrogens with zero attached hydrogens (tertiary/aromatic N) is 1. The third-order valence-electron chi connectivity index (χ3n) is 7.81. The Hall–Kier alpha value is -1.79. The Kier molecular flexibility index (Phi) is 3.10. The van der Waals surface area contributed by atoms with E-state index in [0.717, 1.165) is 49.4 Å². The van der Waals surface area contributed by atoms with E-state index in [4.69, 9.17) is 4.74 Å². The summed E-state index contributed by atoms with van der Waals surface area (Å²) in [5, 5.41) is 25.8. The van der Waals surface area contributed by atoms with Gasteiger partial charge in [-0.05, 0) is 62.6 Å². The fourth-order valence-electron chi connectivity index (χ4n) is 6.40. The van der Waals surface area contributed by atoms with Crippen LogP contribution in [0.4, 0.5) is 0 Å². The molecule has 1 aromatic rings. The zero-order chi connectivity index (χ0) is 18.4. The van der Waals surface area contributed by atoms with Crippen LogP contribution >= 0.6 is 0 Å². The first kappa shape index (κ1) is 16.2. The predicted molar refractivity (Wildman–Crippen MR) is 97.6 cm³/mol. The van der Waals surface area contributed by atoms with Crippen molar-refractivity contribution < 1.29 is 19.7 Å². The average molecular weight is 370 g/mol. The third kappa shape index (κ3) is 1.95. The maximum absolute atomic E-state index is 12.4. The van der Waals surface area contributed by atoms with Gasteiger partial charge >= 0.3 is 0 Å². The van der Waals surface area contributed by atoms with Crippen LogP contribution in [0.25, 0.3) is 0 Å². The van der Waals surface area contributed by atoms with Crippen LogP contribution < -0.4 is 10.1 Å². The number of aromatic hydroxyl groups is 1. The molecule has 4 atom stereocenters. The Morgan fingerprint density at radius 2 is 2.07 bits per heavy atom. The number of rotatable bonds is 2. The molecule has 2 aliphatic carbocycles. The van der Waals surface area contributed by atoms with Gasteiger partial charge in [-0.15, -0.1) is 0 Å². The summed E-state index contributed by atoms with van der Waals surface area (Å²) >= 11 is 0. The number of ether oxygens (including phenoxy) is 1. The van der Waals surface area contributed by atoms with E-state index in [-0.39, 0.29) is 17.7 Å². The van der Waals surface area contributed by atoms with Gasteiger partial charge in [0.1, 0.15) is 0 Å². The summed E-state index contributed by atoms with van der Waals surface area (Å²) in [5.74, 6) is 1.25. The van der Waals surface area contributed by atoms with Gasteiger partial charge in [-0.25, -0.2) is 0 Å². The number of aryl methyl sites for hydroxylation is 1. The number of likely N-dealkylation sites (tertiary alicyclic amines) is 1. The number of amides is 1. The summed E-state index contributed by atoms with van der Waals surface area (Å²) < 4.78 is 6.15. The average Bonchev–Trinajstić information content (AvgIpc) is 3.41. The van der Waals surface area contributed by atoms with Crippen LogP contribution in [-0.2, 0) is 16.6 Å². The Labute approximate surface area is 158 Å². The lowest BCUT2D eigenvalue weighted by Crippen LogP contribution is -2.72. The van der Waals surface area contributed by atoms with Gasteiger partial charge in [0.15, 0.2) is 17.7 Å². The fourth-order valence-corrected chi connectivity index (χ4v) is 6.40. The number of piperidine rings is 1. The predicted octanol–water partition coefficient (Wildman–Crippen LogP) is 1.42. The lowest BCUT2D eigenvalue weighted by Gasteiger charge is -2.56. The molecule has 0 aromatic heterocycles. The van der Waals surface area contributed by atoms with E-state index in [0.29, 0.717) is 18.6 Å². The van der Waals surface area contributed by atoms with E-state index in [1.54, 1.807) is 6.07 Å². The number of phenols is 1. The lowest BCUT2D eigenvalue weighted by atomic mass is 9.58. The van der Waals surface area contributed by atoms with E-state index in [1.807, 2.05) is 6.07 Å². The minimum absolute atomic E-state index is 0.0196. The molecule has 3 fully saturated rings. The molecule has 2 bridgehead atoms. The van der Waals surface area contributed by atoms with Gasteiger partial charge in [-0.3, -0.25) is 9.69 Å². The van der Waals surface area contributed by atoms with Crippen LogP contribution in [0.1, 0.15) is 49.7 Å². The number of carbonyl (C=O) groups excluding carboxylic acids is 1. The standard InChI is InChI=1S/C21H26N2O4/c24-14-5-3-13-4-6-15-21(26)8-7-16(25)22-19-20(21,17(13)18(14)27-19)9-10-23(15)11-12-1-2-12/h3,5,12,15,19,24,26H,1-2,4,6-11H2,(H,22,25). The second-order valence-corrected chi connectivity index (χ2v) is 9.15. The van der Waals surface area contributed by atoms with Gasteiger partial charge in [0.25, 0.3) is 0 Å². The second kappa shape index (κ2) is 5.17. The summed E-state index contributed by atoms with van der Waals surface area (Å²) in [7, 11) is 0. The van der Waals surface area contributed by atoms with Crippen molar-refractivity contribution >= 4 is 5.91 Å². The molecule has 3 aliphatic heterocycles. The minimum atomic E-state index is -1.03. The smallest absolute Gasteiger partial charge is 0.222 e. The molecule has 1 saturated carbocycles. The number of nitrogens with one attached hydrogen (secondary N) is 1. The van der Waals surface area contributed by atoms with E-state index >= 15 is 0 Å². The molecular weight excluding hydrogens is 344 g/mol. The number of benzene rings is 1. The quantitative estimate of drug-likeness (QED) is 0.734. The highest BCUT2D eigenvalue weighted by molar-refractivity contribution is 5.78. The Balaban J connectivity index is 1.57. The number of phenolic OH excluding ortho intramolecular Hbond substituents is 1. The number of carbonyl (C=O) groups is 1. The SMILES string of the molecule is O=C1CCC2(O)C3CCc4ccc(O)c5c4C2(CCN3CC2CC2)C(N1)O5. The molecule has 3 N–H and O–H groups in total. The summed E-state index contributed by atoms with van der Waals surface area (Å²) in [5.41, 5.74) is 0.388. The zero-order valence-electron chi connectivity index (χ0n) is 15.4. The summed E-state index contributed by atoms with van der Waals surface area (Å²) in [6.07, 6.45) is 5.21. The summed E-state index contributed by atoms with van der Waals surface area (Å²) in [6, 6.07) is 3.69. The maximum atomic E-state index is 12.4. The van der Waals surface area contributed by atoms with Crippen molar-refractivity contribution in [1.82, 2.24) is 10.2 Å². The van der Waals surface area contributed by atoms with Crippen LogP contribution in [-0.4, -0.2) is 52.0 Å². The van der Waals surface area contributed by atoms with Crippen LogP contribution in [0.2, 0.25) is 0 Å². The molecule has 1 spiro atoms. The van der Waals surface area contributed by atoms with Gasteiger partial charge in [0.2, 0.25) is 5.91 Å². The lowest BCUT2D eigenvalue weighted by molar-refractivity contribution is -0.161. The van der Waals surface area contributed by atoms with E-state index in [9.17, 15) is 15.0 Å². The van der Waals surface area contributed by atoms with Crippen molar-refractivity contribution in [3.05, 3.63) is 23.3 Å². The normalized spacial score (nSPS) is 39.8. The number of hydrogen-bond donors (Lipinski definition) is 3. The molecule has 1 amide bonds. The first-order valence-electron chi connectivity index (χ1n) is 10.3. The molecule has 1 aromatic carbocycles. The van der Waals surface area contributed by atoms with Crippen molar-refractivity contribution in [3.63, 3.8) is 0 Å². The van der Waals surface area contributed by atoms with Gasteiger partial charge in [-0.2, -0.15) is 0 Å². The second-order valence-electron chi connectivity index (χ2n) is 9.15. The highest BCUT2D eigenvalue weighted by Gasteiger charge is 2.70. The van der Waals surface area contributed by atoms with Crippen molar-refractivity contribution in [3.8, 4) is 11.5 Å². The first-order chi connectivity index (χ1) is 13.0. The van der Waals surface area contributed by atoms with E-state index in [1.165, 1.54) is 12.8 Å². The van der Waals surface area contributed by atoms with Gasteiger partial charge in [-0.1, -0.05) is 6.07 Å². The Morgan fingerprint density at radius 3 is 2.89 bits per heavy atom. The molecule has 6 nitrogen and oxygen atoms in total. The molecule has 27 heavy (non-hydrogen) atoms. The highest BCUT2D eigenvalue weighted by atomic mass is 16.5. The van der Waals surface area contributed by atoms with Crippen LogP contribution in [0.5, 0.6) is 11.5 Å². The largest absolute Gasteiger partial charge is 0.504 e. The minimum Gasteiger partial charge on any atom is -0.504 e. The molecule has 2 saturated heterocycles. The van der Waals surface area contributed by atoms with Gasteiger partial charge in [0, 0.05) is 24.6 Å². The first-order valence-corrected chi connectivity index (χ1v) is 10.3. The van der Waals surface area contributed by atoms with Crippen molar-refractivity contribution in [2.24, 2.45) is 5.92 Å². The monoisotopic (exact) mass is 370 g/mol. The topological polar surface area (TPSA) is 82.0 Å². The molecule has 6 rings (SSSR count). The molecule has 6 heteroatoms. The van der Waals surface area contributed by atoms with Crippen LogP contribution in [0.3, 0.4) is 0 Å². The molecule has 144 valence electrons. The van der Waals surface area contributed by atoms with Crippen molar-refractivity contribution in [1.29, 1.82) is 0 Å². The fraction of sp³-hybridized carbons (Fsp3) is 0.667. The Morgan fingerprint density at radius 1 is 1.22 bits per heavy atom. The molecule has 4 unspecified atom stereocenters. The van der Waals surface area contributed by atoms with Crippen molar-refractivity contribution in [2.45, 2.75) is 68.2 Å². The maximum Gasteiger partial charge on any atom is 0.222 e. The molecule has 0 radical (unpaired) electrons. The Bertz CT molecular complexity index is 838. The van der Waals surface area contributed by atoms with Gasteiger partial charge < -0.3 is 20.3 Å². The van der Waals surface area contributed by atoms with Crippen LogP contribution in [0, 0.1) is 5.92 Å². The zero-order valence-corrected chi connectivity index (χ0v) is 15.4. The molecular formula is C21H26N2O4. The number of aliphatic hydroxyl groups is 1. The van der Waals surface area contributed by atoms with Gasteiger partial charge in [0.05, 0.1) is 11.0 Å². The third-order valence-corrected chi connectivity index (χ3v) is 7.81. The number of hydrogen-bond acceptors (Lipinski definition) is 5. The highest BCUT2D eigenvalue weighted by Crippen LogP contribution is 2.62. The summed E-state index contributed by atoms with van der Waals surface area (Å²) in [4.78, 5) is 14.9. The van der Waals surface area contributed by atoms with Crippen LogP contribution in [0.15, 0.2) is 12.1 Å². The van der Waals surface area contributed by atoms with Crippen molar-refractivity contribution in [2.75, 3.05) is 13.1 Å². The van der Waals surface area contributed by atoms with E-state index in [2.05, 4.69) is 10.2 Å². The van der Waals surface area contributed by atoms with E-state index < -0.39 is 17.2 Å².